The maximum Gasteiger partial charge on any atom is 0.178 e. The van der Waals surface area contributed by atoms with Crippen molar-refractivity contribution >= 4 is 9.84 Å². The molecule has 0 aromatic heterocycles. The predicted octanol–water partition coefficient (Wildman–Crippen LogP) is 2.57. The maximum absolute atomic E-state index is 11.6. The Bertz CT molecular complexity index is 497. The van der Waals surface area contributed by atoms with E-state index in [0.717, 1.165) is 12.0 Å². The van der Waals surface area contributed by atoms with E-state index in [1.807, 2.05) is 6.92 Å². The Kier molecular flexibility index (Phi) is 4.71. The molecule has 0 radical (unpaired) electrons. The standard InChI is InChI=1S/C13H17NO2S/c1-3-11(10-14)9-12-5-7-13(8-6-12)17(15,16)4-2/h5-8,11H,3-4,9H2,1-2H3. The van der Waals surface area contributed by atoms with Crippen LogP contribution in [0.15, 0.2) is 29.2 Å². The summed E-state index contributed by atoms with van der Waals surface area (Å²) in [6.45, 7) is 3.61. The van der Waals surface area contributed by atoms with Crippen LogP contribution in [0, 0.1) is 17.2 Å². The summed E-state index contributed by atoms with van der Waals surface area (Å²) in [6.07, 6.45) is 1.49. The van der Waals surface area contributed by atoms with Crippen LogP contribution in [0.2, 0.25) is 0 Å². The number of sulfone groups is 1. The van der Waals surface area contributed by atoms with Crippen molar-refractivity contribution in [1.82, 2.24) is 0 Å². The quantitative estimate of drug-likeness (QED) is 0.808. The Hall–Kier alpha value is -1.34. The van der Waals surface area contributed by atoms with E-state index in [-0.39, 0.29) is 11.7 Å². The Balaban J connectivity index is 2.86. The third-order valence-corrected chi connectivity index (χ3v) is 4.57. The van der Waals surface area contributed by atoms with Gasteiger partial charge in [0.2, 0.25) is 0 Å². The second-order valence-electron chi connectivity index (χ2n) is 3.99. The first kappa shape index (κ1) is 13.7. The van der Waals surface area contributed by atoms with Crippen LogP contribution in [-0.4, -0.2) is 14.2 Å². The third kappa shape index (κ3) is 3.57. The van der Waals surface area contributed by atoms with E-state index in [0.29, 0.717) is 11.3 Å². The molecule has 4 heteroatoms. The number of nitriles is 1. The second-order valence-corrected chi connectivity index (χ2v) is 6.26. The molecule has 0 amide bonds. The molecule has 0 N–H and O–H groups in total. The summed E-state index contributed by atoms with van der Waals surface area (Å²) in [7, 11) is -3.12. The molecule has 92 valence electrons. The SMILES string of the molecule is CCC(C#N)Cc1ccc(S(=O)(=O)CC)cc1. The molecule has 0 aliphatic rings. The molecule has 17 heavy (non-hydrogen) atoms. The minimum absolute atomic E-state index is 0.00336. The topological polar surface area (TPSA) is 57.9 Å². The molecular formula is C13H17NO2S. The molecule has 0 bridgehead atoms. The highest BCUT2D eigenvalue weighted by Crippen LogP contribution is 2.16. The molecule has 1 atom stereocenters. The van der Waals surface area contributed by atoms with Crippen LogP contribution in [0.25, 0.3) is 0 Å². The first-order valence-corrected chi connectivity index (χ1v) is 7.40. The normalized spacial score (nSPS) is 13.0. The predicted molar refractivity (Wildman–Crippen MR) is 67.3 cm³/mol. The molecule has 0 fully saturated rings. The van der Waals surface area contributed by atoms with Crippen molar-refractivity contribution in [3.63, 3.8) is 0 Å². The van der Waals surface area contributed by atoms with Crippen LogP contribution in [0.1, 0.15) is 25.8 Å². The monoisotopic (exact) mass is 251 g/mol. The first-order chi connectivity index (χ1) is 8.03. The Morgan fingerprint density at radius 1 is 1.24 bits per heavy atom. The van der Waals surface area contributed by atoms with Gasteiger partial charge < -0.3 is 0 Å². The summed E-state index contributed by atoms with van der Waals surface area (Å²) in [5, 5.41) is 8.86. The molecule has 0 saturated carbocycles. The molecule has 0 saturated heterocycles. The zero-order chi connectivity index (χ0) is 12.9. The van der Waals surface area contributed by atoms with Crippen LogP contribution in [0.4, 0.5) is 0 Å². The van der Waals surface area contributed by atoms with Gasteiger partial charge in [0, 0.05) is 0 Å². The fourth-order valence-corrected chi connectivity index (χ4v) is 2.45. The van der Waals surface area contributed by atoms with Crippen molar-refractivity contribution in [2.24, 2.45) is 5.92 Å². The van der Waals surface area contributed by atoms with Gasteiger partial charge in [-0.15, -0.1) is 0 Å². The highest BCUT2D eigenvalue weighted by molar-refractivity contribution is 7.91. The van der Waals surface area contributed by atoms with E-state index in [2.05, 4.69) is 6.07 Å². The molecule has 1 rings (SSSR count). The van der Waals surface area contributed by atoms with Gasteiger partial charge in [0.25, 0.3) is 0 Å². The van der Waals surface area contributed by atoms with Gasteiger partial charge in [-0.2, -0.15) is 5.26 Å². The van der Waals surface area contributed by atoms with Crippen LogP contribution in [-0.2, 0) is 16.3 Å². The van der Waals surface area contributed by atoms with Gasteiger partial charge >= 0.3 is 0 Å². The average molecular weight is 251 g/mol. The molecular weight excluding hydrogens is 234 g/mol. The fourth-order valence-electron chi connectivity index (χ4n) is 1.57. The lowest BCUT2D eigenvalue weighted by Crippen LogP contribution is -2.04. The van der Waals surface area contributed by atoms with Gasteiger partial charge in [0.15, 0.2) is 9.84 Å². The van der Waals surface area contributed by atoms with Crippen molar-refractivity contribution in [3.05, 3.63) is 29.8 Å². The van der Waals surface area contributed by atoms with Crippen LogP contribution in [0.3, 0.4) is 0 Å². The molecule has 0 spiro atoms. The van der Waals surface area contributed by atoms with Gasteiger partial charge in [-0.25, -0.2) is 8.42 Å². The number of nitrogens with zero attached hydrogens (tertiary/aromatic N) is 1. The molecule has 1 unspecified atom stereocenters. The Morgan fingerprint density at radius 2 is 1.82 bits per heavy atom. The summed E-state index contributed by atoms with van der Waals surface area (Å²) in [5.74, 6) is 0.117. The van der Waals surface area contributed by atoms with E-state index in [4.69, 9.17) is 5.26 Å². The van der Waals surface area contributed by atoms with E-state index >= 15 is 0 Å². The van der Waals surface area contributed by atoms with Gasteiger partial charge in [0.1, 0.15) is 0 Å². The number of benzene rings is 1. The number of rotatable bonds is 5. The van der Waals surface area contributed by atoms with Gasteiger partial charge in [-0.1, -0.05) is 26.0 Å². The van der Waals surface area contributed by atoms with Crippen LogP contribution < -0.4 is 0 Å². The van der Waals surface area contributed by atoms with Crippen molar-refractivity contribution in [2.45, 2.75) is 31.6 Å². The zero-order valence-electron chi connectivity index (χ0n) is 10.2. The van der Waals surface area contributed by atoms with Crippen molar-refractivity contribution < 1.29 is 8.42 Å². The molecule has 3 nitrogen and oxygen atoms in total. The highest BCUT2D eigenvalue weighted by Gasteiger charge is 2.11. The highest BCUT2D eigenvalue weighted by atomic mass is 32.2. The maximum atomic E-state index is 11.6. The lowest BCUT2D eigenvalue weighted by molar-refractivity contribution is 0.597. The molecule has 0 aliphatic carbocycles. The summed E-state index contributed by atoms with van der Waals surface area (Å²) in [5.41, 5.74) is 1.01. The first-order valence-electron chi connectivity index (χ1n) is 5.74. The summed E-state index contributed by atoms with van der Waals surface area (Å²) >= 11 is 0. The average Bonchev–Trinajstić information content (AvgIpc) is 2.36. The van der Waals surface area contributed by atoms with Gasteiger partial charge in [0.05, 0.1) is 22.6 Å². The van der Waals surface area contributed by atoms with Crippen molar-refractivity contribution in [3.8, 4) is 6.07 Å². The van der Waals surface area contributed by atoms with Crippen LogP contribution in [0.5, 0.6) is 0 Å². The van der Waals surface area contributed by atoms with Crippen molar-refractivity contribution in [1.29, 1.82) is 5.26 Å². The lowest BCUT2D eigenvalue weighted by Gasteiger charge is -2.07. The van der Waals surface area contributed by atoms with Crippen LogP contribution >= 0.6 is 0 Å². The van der Waals surface area contributed by atoms with E-state index < -0.39 is 9.84 Å². The smallest absolute Gasteiger partial charge is 0.178 e. The van der Waals surface area contributed by atoms with Gasteiger partial charge in [-0.3, -0.25) is 0 Å². The Morgan fingerprint density at radius 3 is 2.24 bits per heavy atom. The number of hydrogen-bond donors (Lipinski definition) is 0. The summed E-state index contributed by atoms with van der Waals surface area (Å²) in [4.78, 5) is 0.355. The van der Waals surface area contributed by atoms with Gasteiger partial charge in [-0.05, 0) is 30.5 Å². The Labute approximate surface area is 103 Å². The van der Waals surface area contributed by atoms with E-state index in [1.54, 1.807) is 31.2 Å². The molecule has 1 aromatic rings. The lowest BCUT2D eigenvalue weighted by atomic mass is 9.99. The van der Waals surface area contributed by atoms with E-state index in [9.17, 15) is 8.42 Å². The fraction of sp³-hybridized carbons (Fsp3) is 0.462. The third-order valence-electron chi connectivity index (χ3n) is 2.82. The zero-order valence-corrected chi connectivity index (χ0v) is 11.0. The molecule has 1 aromatic carbocycles. The minimum atomic E-state index is -3.12. The molecule has 0 heterocycles. The summed E-state index contributed by atoms with van der Waals surface area (Å²) < 4.78 is 23.2. The second kappa shape index (κ2) is 5.83. The minimum Gasteiger partial charge on any atom is -0.224 e. The summed E-state index contributed by atoms with van der Waals surface area (Å²) in [6, 6.07) is 9.07. The van der Waals surface area contributed by atoms with Crippen molar-refractivity contribution in [2.75, 3.05) is 5.75 Å². The number of hydrogen-bond acceptors (Lipinski definition) is 3. The van der Waals surface area contributed by atoms with E-state index in [1.165, 1.54) is 0 Å². The largest absolute Gasteiger partial charge is 0.224 e. The molecule has 0 aliphatic heterocycles.